The van der Waals surface area contributed by atoms with E-state index >= 15 is 0 Å². The summed E-state index contributed by atoms with van der Waals surface area (Å²) in [5, 5.41) is 3.77. The van der Waals surface area contributed by atoms with E-state index in [0.717, 1.165) is 10.0 Å². The number of nitrogens with zero attached hydrogens (tertiary/aromatic N) is 1. The molecule has 0 aliphatic rings. The largest absolute Gasteiger partial charge is 0.380 e. The smallest absolute Gasteiger partial charge is 0.179 e. The van der Waals surface area contributed by atoms with Crippen molar-refractivity contribution in [2.75, 3.05) is 5.73 Å². The van der Waals surface area contributed by atoms with E-state index in [2.05, 4.69) is 37.0 Å². The molecule has 1 heterocycles. The second kappa shape index (κ2) is 5.61. The number of aromatic nitrogens is 1. The molecular formula is C15H9Br2FN2O. The maximum Gasteiger partial charge on any atom is 0.179 e. The molecule has 0 unspecified atom stereocenters. The predicted octanol–water partition coefficient (Wildman–Crippen LogP) is 5.25. The van der Waals surface area contributed by atoms with E-state index in [1.807, 2.05) is 24.3 Å². The summed E-state index contributed by atoms with van der Waals surface area (Å²) in [6, 6.07) is 12.5. The quantitative estimate of drug-likeness (QED) is 0.626. The Hall–Kier alpha value is -1.66. The Labute approximate surface area is 137 Å². The molecule has 106 valence electrons. The number of anilines is 1. The van der Waals surface area contributed by atoms with Crippen molar-refractivity contribution >= 4 is 37.7 Å². The van der Waals surface area contributed by atoms with E-state index in [9.17, 15) is 4.39 Å². The van der Waals surface area contributed by atoms with Crippen LogP contribution in [0.5, 0.6) is 0 Å². The average molecular weight is 412 g/mol. The summed E-state index contributed by atoms with van der Waals surface area (Å²) in [6.45, 7) is 0. The molecule has 2 aromatic carbocycles. The molecule has 0 atom stereocenters. The van der Waals surface area contributed by atoms with Gasteiger partial charge in [0.05, 0.1) is 15.6 Å². The van der Waals surface area contributed by atoms with Crippen molar-refractivity contribution in [2.24, 2.45) is 0 Å². The Balaban J connectivity index is 2.22. The maximum atomic E-state index is 14.3. The highest BCUT2D eigenvalue weighted by Gasteiger charge is 2.21. The van der Waals surface area contributed by atoms with Gasteiger partial charge in [-0.3, -0.25) is 0 Å². The Morgan fingerprint density at radius 3 is 2.48 bits per heavy atom. The second-order valence-electron chi connectivity index (χ2n) is 4.38. The van der Waals surface area contributed by atoms with Crippen molar-refractivity contribution in [1.29, 1.82) is 0 Å². The van der Waals surface area contributed by atoms with Gasteiger partial charge in [-0.1, -0.05) is 39.3 Å². The number of rotatable bonds is 2. The lowest BCUT2D eigenvalue weighted by atomic mass is 10.0. The van der Waals surface area contributed by atoms with E-state index in [-0.39, 0.29) is 5.82 Å². The van der Waals surface area contributed by atoms with Crippen LogP contribution in [-0.4, -0.2) is 5.16 Å². The van der Waals surface area contributed by atoms with E-state index < -0.39 is 5.82 Å². The average Bonchev–Trinajstić information content (AvgIpc) is 2.85. The van der Waals surface area contributed by atoms with Crippen LogP contribution in [0.1, 0.15) is 0 Å². The first-order valence-electron chi connectivity index (χ1n) is 6.03. The zero-order valence-electron chi connectivity index (χ0n) is 10.6. The Kier molecular flexibility index (Phi) is 3.82. The molecule has 0 spiro atoms. The third kappa shape index (κ3) is 2.61. The number of nitrogen functional groups attached to an aromatic ring is 1. The third-order valence-electron chi connectivity index (χ3n) is 3.05. The van der Waals surface area contributed by atoms with Crippen LogP contribution in [-0.2, 0) is 0 Å². The monoisotopic (exact) mass is 410 g/mol. The fourth-order valence-electron chi connectivity index (χ4n) is 2.06. The highest BCUT2D eigenvalue weighted by molar-refractivity contribution is 9.10. The van der Waals surface area contributed by atoms with Gasteiger partial charge in [0.25, 0.3) is 0 Å². The molecule has 0 radical (unpaired) electrons. The minimum atomic E-state index is -0.410. The second-order valence-corrected chi connectivity index (χ2v) is 6.15. The van der Waals surface area contributed by atoms with Crippen LogP contribution in [0, 0.1) is 5.82 Å². The van der Waals surface area contributed by atoms with Gasteiger partial charge < -0.3 is 10.3 Å². The zero-order valence-corrected chi connectivity index (χ0v) is 13.8. The summed E-state index contributed by atoms with van der Waals surface area (Å²) in [6.07, 6.45) is 0. The molecule has 0 fully saturated rings. The molecule has 0 aliphatic carbocycles. The van der Waals surface area contributed by atoms with Crippen LogP contribution in [0.2, 0.25) is 0 Å². The van der Waals surface area contributed by atoms with Crippen molar-refractivity contribution in [1.82, 2.24) is 5.16 Å². The summed E-state index contributed by atoms with van der Waals surface area (Å²) in [7, 11) is 0. The molecular weight excluding hydrogens is 403 g/mol. The standard InChI is InChI=1S/C15H9Br2FN2O/c16-9-6-4-8(5-7-9)12-14(21-20-15(12)19)10-2-1-3-11(17)13(10)18/h1-7H,(H2,19,20). The first kappa shape index (κ1) is 14.3. The van der Waals surface area contributed by atoms with Gasteiger partial charge in [-0.15, -0.1) is 0 Å². The Morgan fingerprint density at radius 1 is 1.05 bits per heavy atom. The molecule has 0 bridgehead atoms. The van der Waals surface area contributed by atoms with Gasteiger partial charge in [0, 0.05) is 4.47 Å². The van der Waals surface area contributed by atoms with Gasteiger partial charge in [-0.2, -0.15) is 0 Å². The number of hydrogen-bond acceptors (Lipinski definition) is 3. The molecule has 0 aliphatic heterocycles. The lowest BCUT2D eigenvalue weighted by molar-refractivity contribution is 0.433. The van der Waals surface area contributed by atoms with Crippen LogP contribution in [0.25, 0.3) is 22.5 Å². The summed E-state index contributed by atoms with van der Waals surface area (Å²) >= 11 is 6.54. The minimum absolute atomic E-state index is 0.228. The molecule has 0 saturated carbocycles. The van der Waals surface area contributed by atoms with Crippen molar-refractivity contribution in [3.05, 3.63) is 57.2 Å². The van der Waals surface area contributed by atoms with E-state index in [1.54, 1.807) is 18.2 Å². The third-order valence-corrected chi connectivity index (χ3v) is 4.19. The molecule has 0 amide bonds. The minimum Gasteiger partial charge on any atom is -0.380 e. The molecule has 3 aromatic rings. The molecule has 3 nitrogen and oxygen atoms in total. The number of hydrogen-bond donors (Lipinski definition) is 1. The fraction of sp³-hybridized carbons (Fsp3) is 0. The van der Waals surface area contributed by atoms with Crippen LogP contribution < -0.4 is 5.73 Å². The summed E-state index contributed by atoms with van der Waals surface area (Å²) in [5.41, 5.74) is 7.59. The number of nitrogens with two attached hydrogens (primary N) is 1. The summed E-state index contributed by atoms with van der Waals surface area (Å²) < 4.78 is 20.8. The first-order chi connectivity index (χ1) is 10.1. The molecule has 1 aromatic heterocycles. The van der Waals surface area contributed by atoms with Gasteiger partial charge in [0.1, 0.15) is 5.82 Å². The van der Waals surface area contributed by atoms with Crippen LogP contribution in [0.3, 0.4) is 0 Å². The molecule has 21 heavy (non-hydrogen) atoms. The highest BCUT2D eigenvalue weighted by atomic mass is 79.9. The molecule has 3 rings (SSSR count). The number of halogens is 3. The lowest BCUT2D eigenvalue weighted by Crippen LogP contribution is -1.90. The summed E-state index contributed by atoms with van der Waals surface area (Å²) in [5.74, 6) is 0.132. The van der Waals surface area contributed by atoms with Crippen LogP contribution in [0.4, 0.5) is 10.2 Å². The van der Waals surface area contributed by atoms with Crippen molar-refractivity contribution in [3.8, 4) is 22.5 Å². The van der Waals surface area contributed by atoms with Crippen molar-refractivity contribution < 1.29 is 8.91 Å². The molecule has 2 N–H and O–H groups in total. The van der Waals surface area contributed by atoms with Crippen LogP contribution >= 0.6 is 31.9 Å². The predicted molar refractivity (Wildman–Crippen MR) is 87.1 cm³/mol. The topological polar surface area (TPSA) is 52.0 Å². The lowest BCUT2D eigenvalue weighted by Gasteiger charge is -2.05. The number of benzene rings is 2. The fourth-order valence-corrected chi connectivity index (χ4v) is 2.69. The maximum absolute atomic E-state index is 14.3. The van der Waals surface area contributed by atoms with Gasteiger partial charge in [0.2, 0.25) is 0 Å². The van der Waals surface area contributed by atoms with E-state index in [1.165, 1.54) is 0 Å². The Bertz CT molecular complexity index is 800. The van der Waals surface area contributed by atoms with E-state index in [0.29, 0.717) is 21.4 Å². The van der Waals surface area contributed by atoms with Gasteiger partial charge in [-0.25, -0.2) is 4.39 Å². The van der Waals surface area contributed by atoms with Crippen molar-refractivity contribution in [2.45, 2.75) is 0 Å². The normalized spacial score (nSPS) is 10.8. The highest BCUT2D eigenvalue weighted by Crippen LogP contribution is 2.39. The first-order valence-corrected chi connectivity index (χ1v) is 7.62. The van der Waals surface area contributed by atoms with E-state index in [4.69, 9.17) is 10.3 Å². The van der Waals surface area contributed by atoms with Gasteiger partial charge in [0.15, 0.2) is 11.6 Å². The Morgan fingerprint density at radius 2 is 1.76 bits per heavy atom. The van der Waals surface area contributed by atoms with Gasteiger partial charge in [-0.05, 0) is 45.8 Å². The zero-order chi connectivity index (χ0) is 15.0. The SMILES string of the molecule is Nc1noc(-c2cccc(Br)c2F)c1-c1ccc(Br)cc1. The summed E-state index contributed by atoms with van der Waals surface area (Å²) in [4.78, 5) is 0. The van der Waals surface area contributed by atoms with Gasteiger partial charge >= 0.3 is 0 Å². The molecule has 6 heteroatoms. The van der Waals surface area contributed by atoms with Crippen LogP contribution in [0.15, 0.2) is 55.9 Å². The molecule has 0 saturated heterocycles. The van der Waals surface area contributed by atoms with Crippen molar-refractivity contribution in [3.63, 3.8) is 0 Å².